The van der Waals surface area contributed by atoms with Gasteiger partial charge in [0.2, 0.25) is 5.91 Å². The van der Waals surface area contributed by atoms with Gasteiger partial charge in [-0.25, -0.2) is 18.4 Å². The van der Waals surface area contributed by atoms with Gasteiger partial charge in [0.1, 0.15) is 4.90 Å². The number of amides is 1. The summed E-state index contributed by atoms with van der Waals surface area (Å²) in [5.41, 5.74) is 2.74. The molecule has 0 fully saturated rings. The lowest BCUT2D eigenvalue weighted by Gasteiger charge is -2.28. The fourth-order valence-corrected chi connectivity index (χ4v) is 5.01. The third kappa shape index (κ3) is 3.53. The highest BCUT2D eigenvalue weighted by molar-refractivity contribution is 7.99. The minimum absolute atomic E-state index is 0.00919. The normalized spacial score (nSPS) is 14.4. The summed E-state index contributed by atoms with van der Waals surface area (Å²) in [4.78, 5) is 22.7. The molecule has 2 heterocycles. The first-order chi connectivity index (χ1) is 12.8. The average Bonchev–Trinajstić information content (AvgIpc) is 2.65. The van der Waals surface area contributed by atoms with Crippen LogP contribution >= 0.6 is 11.8 Å². The number of rotatable bonds is 5. The Morgan fingerprint density at radius 3 is 2.63 bits per heavy atom. The summed E-state index contributed by atoms with van der Waals surface area (Å²) < 4.78 is 26.8. The zero-order valence-corrected chi connectivity index (χ0v) is 17.4. The summed E-state index contributed by atoms with van der Waals surface area (Å²) in [6, 6.07) is 5.57. The van der Waals surface area contributed by atoms with Gasteiger partial charge in [-0.05, 0) is 32.9 Å². The van der Waals surface area contributed by atoms with Crippen LogP contribution < -0.4 is 4.31 Å². The van der Waals surface area contributed by atoms with Crippen LogP contribution in [-0.4, -0.2) is 55.1 Å². The minimum Gasteiger partial charge on any atom is -0.343 e. The van der Waals surface area contributed by atoms with Crippen molar-refractivity contribution in [3.63, 3.8) is 0 Å². The Balaban J connectivity index is 1.98. The molecule has 0 saturated heterocycles. The van der Waals surface area contributed by atoms with Crippen molar-refractivity contribution in [3.05, 3.63) is 30.0 Å². The number of nitrogens with zero attached hydrogens (tertiary/aromatic N) is 4. The van der Waals surface area contributed by atoms with Crippen molar-refractivity contribution in [3.8, 4) is 11.3 Å². The van der Waals surface area contributed by atoms with Gasteiger partial charge in [0, 0.05) is 25.7 Å². The zero-order valence-electron chi connectivity index (χ0n) is 15.8. The Morgan fingerprint density at radius 2 is 1.96 bits per heavy atom. The van der Waals surface area contributed by atoms with Crippen LogP contribution in [0.1, 0.15) is 19.4 Å². The fourth-order valence-electron chi connectivity index (χ4n) is 2.99. The molecule has 0 saturated carbocycles. The number of carbonyl (C=O) groups is 1. The van der Waals surface area contributed by atoms with Gasteiger partial charge in [0.25, 0.3) is 10.0 Å². The molecule has 0 radical (unpaired) electrons. The molecule has 1 aliphatic rings. The maximum atomic E-state index is 12.8. The highest BCUT2D eigenvalue weighted by Gasteiger charge is 2.34. The summed E-state index contributed by atoms with van der Waals surface area (Å²) >= 11 is 1.22. The lowest BCUT2D eigenvalue weighted by atomic mass is 10.1. The number of anilines is 1. The lowest BCUT2D eigenvalue weighted by molar-refractivity contribution is -0.127. The molecule has 9 heteroatoms. The second-order valence-corrected chi connectivity index (χ2v) is 9.09. The second-order valence-electron chi connectivity index (χ2n) is 6.21. The molecular weight excluding hydrogens is 384 g/mol. The standard InChI is InChI=1S/C18H22N4O3S2/c1-5-22(6-2)16(23)11-26-18-19-10-15-17(20-18)13-9-12(3)7-8-14(13)21(4)27(15,24)25/h7-10H,5-6,11H2,1-4H3. The van der Waals surface area contributed by atoms with Crippen molar-refractivity contribution in [2.45, 2.75) is 30.8 Å². The Bertz CT molecular complexity index is 988. The number of fused-ring (bicyclic) bond motifs is 3. The third-order valence-corrected chi connectivity index (χ3v) is 7.18. The van der Waals surface area contributed by atoms with Crippen molar-refractivity contribution in [1.82, 2.24) is 14.9 Å². The summed E-state index contributed by atoms with van der Waals surface area (Å²) in [5, 5.41) is 0.390. The first-order valence-corrected chi connectivity index (χ1v) is 11.1. The van der Waals surface area contributed by atoms with Crippen LogP contribution in [0, 0.1) is 6.92 Å². The van der Waals surface area contributed by atoms with E-state index in [-0.39, 0.29) is 16.6 Å². The summed E-state index contributed by atoms with van der Waals surface area (Å²) in [6.07, 6.45) is 1.34. The van der Waals surface area contributed by atoms with Gasteiger partial charge in [-0.2, -0.15) is 0 Å². The maximum absolute atomic E-state index is 12.8. The van der Waals surface area contributed by atoms with Crippen molar-refractivity contribution in [2.24, 2.45) is 0 Å². The molecule has 0 bridgehead atoms. The molecule has 144 valence electrons. The number of sulfonamides is 1. The van der Waals surface area contributed by atoms with Crippen molar-refractivity contribution < 1.29 is 13.2 Å². The van der Waals surface area contributed by atoms with Gasteiger partial charge in [-0.1, -0.05) is 23.4 Å². The molecule has 27 heavy (non-hydrogen) atoms. The van der Waals surface area contributed by atoms with Crippen LogP contribution in [-0.2, 0) is 14.8 Å². The molecule has 2 aromatic rings. The second kappa shape index (κ2) is 7.47. The van der Waals surface area contributed by atoms with E-state index in [1.165, 1.54) is 29.3 Å². The summed E-state index contributed by atoms with van der Waals surface area (Å²) in [6.45, 7) is 7.11. The van der Waals surface area contributed by atoms with Crippen LogP contribution in [0.15, 0.2) is 34.4 Å². The number of benzene rings is 1. The molecule has 3 rings (SSSR count). The van der Waals surface area contributed by atoms with Crippen molar-refractivity contribution >= 4 is 33.4 Å². The van der Waals surface area contributed by atoms with E-state index in [0.29, 0.717) is 29.6 Å². The van der Waals surface area contributed by atoms with Crippen LogP contribution in [0.3, 0.4) is 0 Å². The van der Waals surface area contributed by atoms with Crippen molar-refractivity contribution in [2.75, 3.05) is 30.2 Å². The average molecular weight is 407 g/mol. The molecule has 0 atom stereocenters. The van der Waals surface area contributed by atoms with Crippen LogP contribution in [0.4, 0.5) is 5.69 Å². The minimum atomic E-state index is -3.69. The molecule has 1 aliphatic heterocycles. The van der Waals surface area contributed by atoms with Crippen molar-refractivity contribution in [1.29, 1.82) is 0 Å². The summed E-state index contributed by atoms with van der Waals surface area (Å²) in [7, 11) is -2.17. The molecular formula is C18H22N4O3S2. The van der Waals surface area contributed by atoms with E-state index in [1.54, 1.807) is 11.0 Å². The van der Waals surface area contributed by atoms with E-state index < -0.39 is 10.0 Å². The lowest BCUT2D eigenvalue weighted by Crippen LogP contribution is -2.32. The Labute approximate surface area is 163 Å². The third-order valence-electron chi connectivity index (χ3n) is 4.56. The quantitative estimate of drug-likeness (QED) is 0.561. The highest BCUT2D eigenvalue weighted by Crippen LogP contribution is 2.41. The molecule has 0 N–H and O–H groups in total. The first kappa shape index (κ1) is 19.6. The molecule has 7 nitrogen and oxygen atoms in total. The van der Waals surface area contributed by atoms with E-state index in [4.69, 9.17) is 0 Å². The van der Waals surface area contributed by atoms with Gasteiger partial charge in [0.05, 0.1) is 23.3 Å². The monoisotopic (exact) mass is 406 g/mol. The number of thioether (sulfide) groups is 1. The summed E-state index contributed by atoms with van der Waals surface area (Å²) in [5.74, 6) is 0.225. The van der Waals surface area contributed by atoms with E-state index in [2.05, 4.69) is 9.97 Å². The zero-order chi connectivity index (χ0) is 19.8. The predicted octanol–water partition coefficient (Wildman–Crippen LogP) is 2.55. The predicted molar refractivity (Wildman–Crippen MR) is 106 cm³/mol. The van der Waals surface area contributed by atoms with E-state index in [0.717, 1.165) is 11.1 Å². The smallest absolute Gasteiger partial charge is 0.267 e. The molecule has 1 amide bonds. The van der Waals surface area contributed by atoms with Gasteiger partial charge < -0.3 is 4.90 Å². The van der Waals surface area contributed by atoms with E-state index in [1.807, 2.05) is 32.9 Å². The molecule has 1 aromatic carbocycles. The highest BCUT2D eigenvalue weighted by atomic mass is 32.2. The Hall–Kier alpha value is -2.13. The molecule has 0 unspecified atom stereocenters. The van der Waals surface area contributed by atoms with Crippen LogP contribution in [0.2, 0.25) is 0 Å². The maximum Gasteiger partial charge on any atom is 0.267 e. The molecule has 0 spiro atoms. The number of aryl methyl sites for hydroxylation is 1. The number of hydrogen-bond donors (Lipinski definition) is 0. The van der Waals surface area contributed by atoms with Gasteiger partial charge in [-0.3, -0.25) is 9.10 Å². The molecule has 0 aliphatic carbocycles. The van der Waals surface area contributed by atoms with Crippen LogP contribution in [0.5, 0.6) is 0 Å². The molecule has 1 aromatic heterocycles. The van der Waals surface area contributed by atoms with Gasteiger partial charge in [-0.15, -0.1) is 0 Å². The largest absolute Gasteiger partial charge is 0.343 e. The van der Waals surface area contributed by atoms with Gasteiger partial charge >= 0.3 is 0 Å². The van der Waals surface area contributed by atoms with Gasteiger partial charge in [0.15, 0.2) is 5.16 Å². The van der Waals surface area contributed by atoms with E-state index >= 15 is 0 Å². The first-order valence-electron chi connectivity index (χ1n) is 8.67. The number of aromatic nitrogens is 2. The van der Waals surface area contributed by atoms with E-state index in [9.17, 15) is 13.2 Å². The Morgan fingerprint density at radius 1 is 1.26 bits per heavy atom. The van der Waals surface area contributed by atoms with Crippen LogP contribution in [0.25, 0.3) is 11.3 Å². The topological polar surface area (TPSA) is 83.5 Å². The fraction of sp³-hybridized carbons (Fsp3) is 0.389. The SMILES string of the molecule is CCN(CC)C(=O)CSc1ncc2c(n1)-c1cc(C)ccc1N(C)S2(=O)=O. The number of hydrogen-bond acceptors (Lipinski definition) is 6. The Kier molecular flexibility index (Phi) is 5.43. The number of carbonyl (C=O) groups excluding carboxylic acids is 1.